The van der Waals surface area contributed by atoms with Crippen molar-refractivity contribution in [1.29, 1.82) is 0 Å². The first-order chi connectivity index (χ1) is 10.1. The average Bonchev–Trinajstić information content (AvgIpc) is 2.46. The Morgan fingerprint density at radius 3 is 2.86 bits per heavy atom. The molecule has 6 heteroatoms. The Balaban J connectivity index is 1.90. The molecule has 2 rings (SSSR count). The van der Waals surface area contributed by atoms with E-state index >= 15 is 0 Å². The maximum absolute atomic E-state index is 12.4. The number of morpholine rings is 1. The second-order valence-corrected chi connectivity index (χ2v) is 5.34. The van der Waals surface area contributed by atoms with E-state index in [-0.39, 0.29) is 11.9 Å². The molecule has 1 fully saturated rings. The Hall–Kier alpha value is -1.40. The van der Waals surface area contributed by atoms with Gasteiger partial charge >= 0.3 is 6.61 Å². The summed E-state index contributed by atoms with van der Waals surface area (Å²) in [7, 11) is 0. The van der Waals surface area contributed by atoms with Gasteiger partial charge in [0.15, 0.2) is 0 Å². The van der Waals surface area contributed by atoms with E-state index in [9.17, 15) is 8.78 Å². The molecule has 1 aliphatic rings. The molecule has 0 bridgehead atoms. The van der Waals surface area contributed by atoms with Crippen molar-refractivity contribution < 1.29 is 18.3 Å². The van der Waals surface area contributed by atoms with Crippen LogP contribution < -0.4 is 10.1 Å². The summed E-state index contributed by atoms with van der Waals surface area (Å²) >= 11 is 0. The van der Waals surface area contributed by atoms with Crippen LogP contribution in [0.3, 0.4) is 0 Å². The van der Waals surface area contributed by atoms with E-state index in [0.29, 0.717) is 24.9 Å². The van der Waals surface area contributed by atoms with E-state index < -0.39 is 6.61 Å². The van der Waals surface area contributed by atoms with Crippen LogP contribution in [-0.4, -0.2) is 49.9 Å². The van der Waals surface area contributed by atoms with Crippen LogP contribution in [0.15, 0.2) is 24.3 Å². The molecule has 0 amide bonds. The van der Waals surface area contributed by atoms with Crippen LogP contribution in [0.1, 0.15) is 13.8 Å². The van der Waals surface area contributed by atoms with Crippen LogP contribution in [0.2, 0.25) is 0 Å². The van der Waals surface area contributed by atoms with E-state index in [0.717, 1.165) is 13.1 Å². The highest BCUT2D eigenvalue weighted by atomic mass is 19.3. The molecule has 1 atom stereocenters. The molecule has 118 valence electrons. The van der Waals surface area contributed by atoms with Gasteiger partial charge in [0, 0.05) is 25.7 Å². The van der Waals surface area contributed by atoms with E-state index in [1.165, 1.54) is 6.07 Å². The first-order valence-corrected chi connectivity index (χ1v) is 7.19. The summed E-state index contributed by atoms with van der Waals surface area (Å²) in [6.45, 7) is 4.51. The summed E-state index contributed by atoms with van der Waals surface area (Å²) in [4.78, 5) is 2.34. The molecule has 1 N–H and O–H groups in total. The highest BCUT2D eigenvalue weighted by Gasteiger charge is 2.22. The van der Waals surface area contributed by atoms with Crippen molar-refractivity contribution in [3.05, 3.63) is 24.3 Å². The van der Waals surface area contributed by atoms with Crippen LogP contribution in [-0.2, 0) is 4.74 Å². The van der Waals surface area contributed by atoms with Crippen LogP contribution in [0, 0.1) is 0 Å². The second-order valence-electron chi connectivity index (χ2n) is 5.34. The average molecular weight is 300 g/mol. The van der Waals surface area contributed by atoms with Gasteiger partial charge in [-0.25, -0.2) is 0 Å². The molecule has 1 saturated heterocycles. The van der Waals surface area contributed by atoms with Crippen molar-refractivity contribution in [2.75, 3.05) is 31.6 Å². The molecule has 0 radical (unpaired) electrons. The van der Waals surface area contributed by atoms with Crippen LogP contribution in [0.4, 0.5) is 14.5 Å². The van der Waals surface area contributed by atoms with Gasteiger partial charge in [0.2, 0.25) is 0 Å². The Bertz CT molecular complexity index is 443. The molecule has 1 aromatic carbocycles. The van der Waals surface area contributed by atoms with Gasteiger partial charge in [0.1, 0.15) is 5.75 Å². The van der Waals surface area contributed by atoms with Gasteiger partial charge in [0.25, 0.3) is 0 Å². The quantitative estimate of drug-likeness (QED) is 0.876. The number of nitrogens with one attached hydrogen (secondary N) is 1. The van der Waals surface area contributed by atoms with Gasteiger partial charge in [-0.2, -0.15) is 8.78 Å². The van der Waals surface area contributed by atoms with Crippen LogP contribution in [0.5, 0.6) is 5.75 Å². The first-order valence-electron chi connectivity index (χ1n) is 7.19. The van der Waals surface area contributed by atoms with Crippen molar-refractivity contribution in [1.82, 2.24) is 4.90 Å². The zero-order chi connectivity index (χ0) is 15.2. The minimum atomic E-state index is -2.82. The summed E-state index contributed by atoms with van der Waals surface area (Å²) < 4.78 is 34.9. The monoisotopic (exact) mass is 300 g/mol. The van der Waals surface area contributed by atoms with Gasteiger partial charge in [-0.05, 0) is 26.0 Å². The molecule has 4 nitrogen and oxygen atoms in total. The van der Waals surface area contributed by atoms with Gasteiger partial charge in [-0.15, -0.1) is 0 Å². The second kappa shape index (κ2) is 7.56. The Kier molecular flexibility index (Phi) is 5.76. The predicted octanol–water partition coefficient (Wildman–Crippen LogP) is 2.81. The zero-order valence-electron chi connectivity index (χ0n) is 12.4. The number of hydrogen-bond donors (Lipinski definition) is 1. The number of rotatable bonds is 6. The molecule has 21 heavy (non-hydrogen) atoms. The summed E-state index contributed by atoms with van der Waals surface area (Å²) in [6.07, 6.45) is 0.0424. The van der Waals surface area contributed by atoms with Crippen molar-refractivity contribution >= 4 is 5.69 Å². The minimum absolute atomic E-state index is 0.0424. The van der Waals surface area contributed by atoms with Gasteiger partial charge in [0.05, 0.1) is 18.4 Å². The standard InChI is InChI=1S/C15H22F2N2O2/c1-11(2)19-7-8-20-12(10-19)9-18-13-5-3-4-6-14(13)21-15(16)17/h3-6,11-12,15,18H,7-10H2,1-2H3. The smallest absolute Gasteiger partial charge is 0.387 e. The Labute approximate surface area is 124 Å². The zero-order valence-corrected chi connectivity index (χ0v) is 12.4. The summed E-state index contributed by atoms with van der Waals surface area (Å²) in [6, 6.07) is 7.17. The largest absolute Gasteiger partial charge is 0.433 e. The third-order valence-corrected chi connectivity index (χ3v) is 3.52. The van der Waals surface area contributed by atoms with E-state index in [1.54, 1.807) is 18.2 Å². The van der Waals surface area contributed by atoms with Gasteiger partial charge in [-0.1, -0.05) is 12.1 Å². The maximum atomic E-state index is 12.4. The lowest BCUT2D eigenvalue weighted by Gasteiger charge is -2.35. The van der Waals surface area contributed by atoms with Gasteiger partial charge in [-0.3, -0.25) is 4.90 Å². The van der Waals surface area contributed by atoms with E-state index in [4.69, 9.17) is 4.74 Å². The molecule has 1 heterocycles. The summed E-state index contributed by atoms with van der Waals surface area (Å²) in [5.41, 5.74) is 0.558. The fraction of sp³-hybridized carbons (Fsp3) is 0.600. The van der Waals surface area contributed by atoms with Crippen molar-refractivity contribution in [2.45, 2.75) is 32.6 Å². The third kappa shape index (κ3) is 4.82. The number of ether oxygens (including phenoxy) is 2. The molecule has 1 aliphatic heterocycles. The number of hydrogen-bond acceptors (Lipinski definition) is 4. The lowest BCUT2D eigenvalue weighted by molar-refractivity contribution is -0.0495. The predicted molar refractivity (Wildman–Crippen MR) is 78.0 cm³/mol. The number of anilines is 1. The molecule has 0 aromatic heterocycles. The van der Waals surface area contributed by atoms with Crippen molar-refractivity contribution in [2.24, 2.45) is 0 Å². The molecular formula is C15H22F2N2O2. The number of nitrogens with zero attached hydrogens (tertiary/aromatic N) is 1. The van der Waals surface area contributed by atoms with Gasteiger partial charge < -0.3 is 14.8 Å². The van der Waals surface area contributed by atoms with E-state index in [2.05, 4.69) is 28.8 Å². The topological polar surface area (TPSA) is 33.7 Å². The number of alkyl halides is 2. The summed E-state index contributed by atoms with van der Waals surface area (Å²) in [5.74, 6) is 0.157. The molecule has 0 spiro atoms. The highest BCUT2D eigenvalue weighted by molar-refractivity contribution is 5.56. The Morgan fingerprint density at radius 2 is 2.14 bits per heavy atom. The number of halogens is 2. The molecule has 0 aliphatic carbocycles. The fourth-order valence-electron chi connectivity index (χ4n) is 2.37. The van der Waals surface area contributed by atoms with Crippen molar-refractivity contribution in [3.8, 4) is 5.75 Å². The Morgan fingerprint density at radius 1 is 1.38 bits per heavy atom. The third-order valence-electron chi connectivity index (χ3n) is 3.52. The number of para-hydroxylation sites is 2. The maximum Gasteiger partial charge on any atom is 0.387 e. The number of benzene rings is 1. The lowest BCUT2D eigenvalue weighted by atomic mass is 10.2. The minimum Gasteiger partial charge on any atom is -0.433 e. The lowest BCUT2D eigenvalue weighted by Crippen LogP contribution is -2.48. The van der Waals surface area contributed by atoms with Crippen molar-refractivity contribution in [3.63, 3.8) is 0 Å². The van der Waals surface area contributed by atoms with Crippen LogP contribution >= 0.6 is 0 Å². The van der Waals surface area contributed by atoms with Crippen LogP contribution in [0.25, 0.3) is 0 Å². The molecule has 1 aromatic rings. The SMILES string of the molecule is CC(C)N1CCOC(CNc2ccccc2OC(F)F)C1. The molecular weight excluding hydrogens is 278 g/mol. The first kappa shape index (κ1) is 16.0. The summed E-state index contributed by atoms with van der Waals surface area (Å²) in [5, 5.41) is 3.14. The van der Waals surface area contributed by atoms with E-state index in [1.807, 2.05) is 0 Å². The normalized spacial score (nSPS) is 20.0. The highest BCUT2D eigenvalue weighted by Crippen LogP contribution is 2.25. The molecule has 0 saturated carbocycles. The fourth-order valence-corrected chi connectivity index (χ4v) is 2.37. The molecule has 1 unspecified atom stereocenters.